The van der Waals surface area contributed by atoms with Crippen LogP contribution in [0.5, 0.6) is 0 Å². The van der Waals surface area contributed by atoms with Crippen LogP contribution < -0.4 is 10.6 Å². The predicted molar refractivity (Wildman–Crippen MR) is 92.9 cm³/mol. The van der Waals surface area contributed by atoms with Crippen molar-refractivity contribution in [3.05, 3.63) is 63.4 Å². The van der Waals surface area contributed by atoms with Crippen molar-refractivity contribution in [3.63, 3.8) is 0 Å². The van der Waals surface area contributed by atoms with Crippen molar-refractivity contribution in [2.24, 2.45) is 0 Å². The molecule has 2 N–H and O–H groups in total. The number of hydrogen-bond acceptors (Lipinski definition) is 2. The van der Waals surface area contributed by atoms with E-state index in [9.17, 15) is 9.18 Å². The molecular formula is C18H18BrFN2O. The molecule has 0 aromatic heterocycles. The van der Waals surface area contributed by atoms with Crippen LogP contribution in [0.25, 0.3) is 0 Å². The lowest BCUT2D eigenvalue weighted by molar-refractivity contribution is -0.116. The van der Waals surface area contributed by atoms with E-state index in [2.05, 4.69) is 26.6 Å². The van der Waals surface area contributed by atoms with Crippen LogP contribution in [0, 0.1) is 5.82 Å². The summed E-state index contributed by atoms with van der Waals surface area (Å²) in [6, 6.07) is 11.4. The van der Waals surface area contributed by atoms with E-state index in [1.54, 1.807) is 6.07 Å². The van der Waals surface area contributed by atoms with E-state index in [4.69, 9.17) is 0 Å². The number of anilines is 1. The normalized spacial score (nSPS) is 13.5. The van der Waals surface area contributed by atoms with Crippen LogP contribution in [0.2, 0.25) is 0 Å². The fourth-order valence-corrected chi connectivity index (χ4v) is 3.24. The van der Waals surface area contributed by atoms with Crippen molar-refractivity contribution in [1.82, 2.24) is 5.32 Å². The van der Waals surface area contributed by atoms with E-state index < -0.39 is 0 Å². The highest BCUT2D eigenvalue weighted by molar-refractivity contribution is 9.10. The molecule has 0 bridgehead atoms. The zero-order chi connectivity index (χ0) is 16.2. The monoisotopic (exact) mass is 376 g/mol. The fourth-order valence-electron chi connectivity index (χ4n) is 2.79. The van der Waals surface area contributed by atoms with Crippen LogP contribution >= 0.6 is 15.9 Å². The molecule has 1 aliphatic rings. The van der Waals surface area contributed by atoms with Crippen LogP contribution in [-0.2, 0) is 24.2 Å². The van der Waals surface area contributed by atoms with Gasteiger partial charge < -0.3 is 10.6 Å². The number of fused-ring (bicyclic) bond motifs is 1. The molecule has 2 aromatic rings. The van der Waals surface area contributed by atoms with Gasteiger partial charge in [0.25, 0.3) is 0 Å². The highest BCUT2D eigenvalue weighted by Gasteiger charge is 2.17. The van der Waals surface area contributed by atoms with Crippen LogP contribution in [0.1, 0.15) is 23.1 Å². The van der Waals surface area contributed by atoms with Gasteiger partial charge in [0.15, 0.2) is 0 Å². The predicted octanol–water partition coefficient (Wildman–Crippen LogP) is 3.81. The quantitative estimate of drug-likeness (QED) is 0.851. The first kappa shape index (κ1) is 16.1. The molecule has 1 heterocycles. The molecule has 120 valence electrons. The van der Waals surface area contributed by atoms with Crippen molar-refractivity contribution >= 4 is 27.5 Å². The molecule has 1 amide bonds. The number of amides is 1. The number of rotatable bonds is 4. The molecule has 0 fully saturated rings. The minimum atomic E-state index is -0.292. The third-order valence-electron chi connectivity index (χ3n) is 4.01. The summed E-state index contributed by atoms with van der Waals surface area (Å²) in [5, 5.41) is 5.91. The average molecular weight is 377 g/mol. The summed E-state index contributed by atoms with van der Waals surface area (Å²) in [6.45, 7) is 1.45. The van der Waals surface area contributed by atoms with Crippen molar-refractivity contribution in [3.8, 4) is 0 Å². The Kier molecular flexibility index (Phi) is 5.08. The lowest BCUT2D eigenvalue weighted by atomic mass is 9.99. The molecule has 0 unspecified atom stereocenters. The van der Waals surface area contributed by atoms with Crippen molar-refractivity contribution in [2.45, 2.75) is 25.8 Å². The Morgan fingerprint density at radius 2 is 2.17 bits per heavy atom. The number of carbonyl (C=O) groups excluding carboxylic acids is 1. The SMILES string of the molecule is O=C(CCc1cccc(Br)c1)Nc1ccc2c(c1F)CCNC2. The largest absolute Gasteiger partial charge is 0.324 e. The standard InChI is InChI=1S/C18H18BrFN2O/c19-14-3-1-2-12(10-14)4-7-17(23)22-16-6-5-13-11-21-9-8-15(13)18(16)20/h1-3,5-6,10,21H,4,7-9,11H2,(H,22,23). The Labute approximate surface area is 143 Å². The molecule has 5 heteroatoms. The Morgan fingerprint density at radius 1 is 1.30 bits per heavy atom. The highest BCUT2D eigenvalue weighted by Crippen LogP contribution is 2.24. The Morgan fingerprint density at radius 3 is 3.00 bits per heavy atom. The van der Waals surface area contributed by atoms with E-state index in [1.165, 1.54) is 0 Å². The van der Waals surface area contributed by atoms with Gasteiger partial charge in [0.2, 0.25) is 5.91 Å². The second-order valence-corrected chi connectivity index (χ2v) is 6.59. The maximum absolute atomic E-state index is 14.5. The summed E-state index contributed by atoms with van der Waals surface area (Å²) < 4.78 is 15.5. The summed E-state index contributed by atoms with van der Waals surface area (Å²) in [7, 11) is 0. The topological polar surface area (TPSA) is 41.1 Å². The van der Waals surface area contributed by atoms with E-state index in [1.807, 2.05) is 30.3 Å². The number of hydrogen-bond donors (Lipinski definition) is 2. The maximum atomic E-state index is 14.5. The molecule has 0 saturated heterocycles. The van der Waals surface area contributed by atoms with Crippen LogP contribution in [0.15, 0.2) is 40.9 Å². The summed E-state index contributed by atoms with van der Waals surface area (Å²) in [5.41, 5.74) is 3.05. The van der Waals surface area contributed by atoms with E-state index >= 15 is 0 Å². The smallest absolute Gasteiger partial charge is 0.224 e. The lowest BCUT2D eigenvalue weighted by Crippen LogP contribution is -2.25. The number of carbonyl (C=O) groups is 1. The Hall–Kier alpha value is -1.72. The van der Waals surface area contributed by atoms with Crippen molar-refractivity contribution < 1.29 is 9.18 Å². The number of aryl methyl sites for hydroxylation is 1. The first-order valence-corrected chi connectivity index (χ1v) is 8.48. The van der Waals surface area contributed by atoms with Crippen LogP contribution in [-0.4, -0.2) is 12.5 Å². The summed E-state index contributed by atoms with van der Waals surface area (Å²) in [6.07, 6.45) is 1.61. The van der Waals surface area contributed by atoms with E-state index in [0.717, 1.165) is 22.1 Å². The van der Waals surface area contributed by atoms with Gasteiger partial charge in [0.05, 0.1) is 5.69 Å². The molecule has 3 nitrogen and oxygen atoms in total. The minimum absolute atomic E-state index is 0.169. The summed E-state index contributed by atoms with van der Waals surface area (Å²) >= 11 is 3.41. The molecule has 0 radical (unpaired) electrons. The van der Waals surface area contributed by atoms with Gasteiger partial charge in [-0.2, -0.15) is 0 Å². The molecule has 1 aliphatic heterocycles. The zero-order valence-corrected chi connectivity index (χ0v) is 14.2. The molecule has 3 rings (SSSR count). The van der Waals surface area contributed by atoms with Crippen LogP contribution in [0.3, 0.4) is 0 Å². The first-order valence-electron chi connectivity index (χ1n) is 7.69. The van der Waals surface area contributed by atoms with Gasteiger partial charge in [-0.1, -0.05) is 34.1 Å². The van der Waals surface area contributed by atoms with Crippen LogP contribution in [0.4, 0.5) is 10.1 Å². The highest BCUT2D eigenvalue weighted by atomic mass is 79.9. The summed E-state index contributed by atoms with van der Waals surface area (Å²) in [5.74, 6) is -0.461. The second kappa shape index (κ2) is 7.23. The third-order valence-corrected chi connectivity index (χ3v) is 4.50. The van der Waals surface area contributed by atoms with E-state index in [-0.39, 0.29) is 17.4 Å². The molecule has 0 spiro atoms. The van der Waals surface area contributed by atoms with Gasteiger partial charge in [-0.3, -0.25) is 4.79 Å². The lowest BCUT2D eigenvalue weighted by Gasteiger charge is -2.19. The Bertz CT molecular complexity index is 733. The average Bonchev–Trinajstić information content (AvgIpc) is 2.56. The number of halogens is 2. The van der Waals surface area contributed by atoms with Gasteiger partial charge in [-0.15, -0.1) is 0 Å². The Balaban J connectivity index is 1.64. The second-order valence-electron chi connectivity index (χ2n) is 5.67. The van der Waals surface area contributed by atoms with Gasteiger partial charge in [0, 0.05) is 17.4 Å². The van der Waals surface area contributed by atoms with Gasteiger partial charge in [-0.25, -0.2) is 4.39 Å². The number of nitrogens with one attached hydrogen (secondary N) is 2. The molecule has 23 heavy (non-hydrogen) atoms. The van der Waals surface area contributed by atoms with Gasteiger partial charge in [0.1, 0.15) is 5.82 Å². The number of benzene rings is 2. The van der Waals surface area contributed by atoms with E-state index in [0.29, 0.717) is 31.4 Å². The molecule has 0 saturated carbocycles. The maximum Gasteiger partial charge on any atom is 0.224 e. The third kappa shape index (κ3) is 3.98. The van der Waals surface area contributed by atoms with Crippen molar-refractivity contribution in [2.75, 3.05) is 11.9 Å². The summed E-state index contributed by atoms with van der Waals surface area (Å²) in [4.78, 5) is 12.1. The van der Waals surface area contributed by atoms with Crippen molar-refractivity contribution in [1.29, 1.82) is 0 Å². The molecule has 2 aromatic carbocycles. The fraction of sp³-hybridized carbons (Fsp3) is 0.278. The molecule has 0 aliphatic carbocycles. The molecular weight excluding hydrogens is 359 g/mol. The van der Waals surface area contributed by atoms with Gasteiger partial charge >= 0.3 is 0 Å². The first-order chi connectivity index (χ1) is 11.1. The van der Waals surface area contributed by atoms with Gasteiger partial charge in [-0.05, 0) is 54.3 Å². The zero-order valence-electron chi connectivity index (χ0n) is 12.7. The minimum Gasteiger partial charge on any atom is -0.324 e. The molecule has 0 atom stereocenters.